The van der Waals surface area contributed by atoms with E-state index in [2.05, 4.69) is 0 Å². The molecule has 6 nitrogen and oxygen atoms in total. The number of carboxylic acid groups (broad SMARTS) is 1. The van der Waals surface area contributed by atoms with Crippen LogP contribution in [-0.2, 0) is 4.79 Å². The molecule has 0 fully saturated rings. The number of carbonyl (C=O) groups is 1. The number of benzene rings is 2. The lowest BCUT2D eigenvalue weighted by atomic mass is 9.91. The summed E-state index contributed by atoms with van der Waals surface area (Å²) in [6.45, 7) is 0. The summed E-state index contributed by atoms with van der Waals surface area (Å²) in [5.41, 5.74) is 2.04. The van der Waals surface area contributed by atoms with Crippen LogP contribution in [-0.4, -0.2) is 16.0 Å². The fraction of sp³-hybridized carbons (Fsp3) is 0.133. The number of ether oxygens (including phenoxy) is 1. The van der Waals surface area contributed by atoms with Crippen molar-refractivity contribution < 1.29 is 19.6 Å². The highest BCUT2D eigenvalue weighted by molar-refractivity contribution is 5.78. The third kappa shape index (κ3) is 2.31. The first-order valence-corrected chi connectivity index (χ1v) is 6.32. The van der Waals surface area contributed by atoms with Crippen LogP contribution < -0.4 is 4.74 Å². The molecule has 1 N–H and O–H groups in total. The molecule has 1 aliphatic rings. The molecular formula is C15H11NO5. The number of aliphatic carboxylic acids is 1. The second-order valence-electron chi connectivity index (χ2n) is 4.73. The van der Waals surface area contributed by atoms with E-state index in [0.717, 1.165) is 11.1 Å². The molecule has 0 spiro atoms. The van der Waals surface area contributed by atoms with Gasteiger partial charge >= 0.3 is 5.97 Å². The maximum Gasteiger partial charge on any atom is 0.307 e. The van der Waals surface area contributed by atoms with Crippen LogP contribution in [0.5, 0.6) is 5.75 Å². The van der Waals surface area contributed by atoms with Crippen LogP contribution in [0.3, 0.4) is 0 Å². The average molecular weight is 285 g/mol. The maximum atomic E-state index is 11.0. The average Bonchev–Trinajstić information content (AvgIpc) is 2.46. The lowest BCUT2D eigenvalue weighted by Crippen LogP contribution is -2.17. The molecule has 1 aliphatic heterocycles. The van der Waals surface area contributed by atoms with Gasteiger partial charge in [0, 0.05) is 23.3 Å². The Bertz CT molecular complexity index is 741. The summed E-state index contributed by atoms with van der Waals surface area (Å²) in [4.78, 5) is 21.4. The number of para-hydroxylation sites is 1. The van der Waals surface area contributed by atoms with Crippen LogP contribution in [0.25, 0.3) is 11.1 Å². The number of carboxylic acids is 1. The number of hydrogen-bond acceptors (Lipinski definition) is 4. The van der Waals surface area contributed by atoms with Gasteiger partial charge < -0.3 is 9.84 Å². The topological polar surface area (TPSA) is 89.7 Å². The highest BCUT2D eigenvalue weighted by Gasteiger charge is 2.29. The predicted molar refractivity (Wildman–Crippen MR) is 74.2 cm³/mol. The van der Waals surface area contributed by atoms with Crippen molar-refractivity contribution in [2.24, 2.45) is 0 Å². The Morgan fingerprint density at radius 1 is 1.24 bits per heavy atom. The molecule has 1 atom stereocenters. The number of nitro groups is 1. The normalized spacial score (nSPS) is 15.5. The van der Waals surface area contributed by atoms with E-state index in [1.807, 2.05) is 12.1 Å². The molecule has 21 heavy (non-hydrogen) atoms. The second-order valence-corrected chi connectivity index (χ2v) is 4.73. The van der Waals surface area contributed by atoms with Gasteiger partial charge in [0.05, 0.1) is 11.3 Å². The molecule has 1 heterocycles. The largest absolute Gasteiger partial charge is 0.484 e. The Hall–Kier alpha value is -2.89. The molecule has 1 unspecified atom stereocenters. The number of fused-ring (bicyclic) bond motifs is 3. The molecule has 0 aliphatic carbocycles. The van der Waals surface area contributed by atoms with Crippen molar-refractivity contribution in [2.45, 2.75) is 12.5 Å². The lowest BCUT2D eigenvalue weighted by molar-refractivity contribution is -0.385. The molecule has 0 saturated heterocycles. The Kier molecular flexibility index (Phi) is 3.06. The van der Waals surface area contributed by atoms with Crippen molar-refractivity contribution in [1.29, 1.82) is 0 Å². The second kappa shape index (κ2) is 4.90. The summed E-state index contributed by atoms with van der Waals surface area (Å²) in [6.07, 6.45) is -0.977. The van der Waals surface area contributed by atoms with Gasteiger partial charge in [-0.25, -0.2) is 0 Å². The molecule has 0 amide bonds. The summed E-state index contributed by atoms with van der Waals surface area (Å²) < 4.78 is 5.70. The highest BCUT2D eigenvalue weighted by atomic mass is 16.6. The number of non-ortho nitro benzene ring substituents is 1. The number of hydrogen-bond donors (Lipinski definition) is 1. The van der Waals surface area contributed by atoms with Crippen molar-refractivity contribution in [3.8, 4) is 16.9 Å². The van der Waals surface area contributed by atoms with E-state index in [9.17, 15) is 14.9 Å². The zero-order valence-corrected chi connectivity index (χ0v) is 10.9. The van der Waals surface area contributed by atoms with Gasteiger partial charge in [-0.15, -0.1) is 0 Å². The summed E-state index contributed by atoms with van der Waals surface area (Å²) in [5, 5.41) is 19.9. The minimum Gasteiger partial charge on any atom is -0.484 e. The summed E-state index contributed by atoms with van der Waals surface area (Å²) in [6, 6.07) is 11.7. The van der Waals surface area contributed by atoms with Crippen molar-refractivity contribution >= 4 is 11.7 Å². The van der Waals surface area contributed by atoms with E-state index in [1.54, 1.807) is 18.2 Å². The molecular weight excluding hydrogens is 274 g/mol. The van der Waals surface area contributed by atoms with Crippen LogP contribution in [0.2, 0.25) is 0 Å². The minimum atomic E-state index is -1.02. The van der Waals surface area contributed by atoms with Gasteiger partial charge in [0.2, 0.25) is 0 Å². The SMILES string of the molecule is O=C(O)CC1Oc2ccccc2-c2ccc([N+](=O)[O-])cc21. The zero-order chi connectivity index (χ0) is 15.0. The molecule has 0 saturated carbocycles. The van der Waals surface area contributed by atoms with Crippen molar-refractivity contribution in [1.82, 2.24) is 0 Å². The monoisotopic (exact) mass is 285 g/mol. The number of rotatable bonds is 3. The summed E-state index contributed by atoms with van der Waals surface area (Å²) in [5.74, 6) is -0.429. The maximum absolute atomic E-state index is 11.0. The van der Waals surface area contributed by atoms with Gasteiger partial charge in [0.15, 0.2) is 0 Å². The summed E-state index contributed by atoms with van der Waals surface area (Å²) in [7, 11) is 0. The molecule has 106 valence electrons. The Labute approximate surface area is 119 Å². The van der Waals surface area contributed by atoms with Gasteiger partial charge in [-0.05, 0) is 17.7 Å². The Balaban J connectivity index is 2.17. The van der Waals surface area contributed by atoms with Crippen molar-refractivity contribution in [3.05, 3.63) is 58.1 Å². The first-order chi connectivity index (χ1) is 10.1. The van der Waals surface area contributed by atoms with E-state index < -0.39 is 17.0 Å². The van der Waals surface area contributed by atoms with Gasteiger partial charge in [-0.3, -0.25) is 14.9 Å². The molecule has 6 heteroatoms. The quantitative estimate of drug-likeness (QED) is 0.691. The smallest absolute Gasteiger partial charge is 0.307 e. The Morgan fingerprint density at radius 2 is 2.00 bits per heavy atom. The fourth-order valence-electron chi connectivity index (χ4n) is 2.49. The van der Waals surface area contributed by atoms with E-state index in [0.29, 0.717) is 11.3 Å². The minimum absolute atomic E-state index is 0.0767. The number of nitro benzene ring substituents is 1. The highest BCUT2D eigenvalue weighted by Crippen LogP contribution is 2.44. The van der Waals surface area contributed by atoms with Crippen molar-refractivity contribution in [3.63, 3.8) is 0 Å². The van der Waals surface area contributed by atoms with Gasteiger partial charge in [-0.2, -0.15) is 0 Å². The van der Waals surface area contributed by atoms with E-state index in [4.69, 9.17) is 9.84 Å². The van der Waals surface area contributed by atoms with Crippen LogP contribution in [0.15, 0.2) is 42.5 Å². The van der Waals surface area contributed by atoms with E-state index in [1.165, 1.54) is 12.1 Å². The van der Waals surface area contributed by atoms with E-state index in [-0.39, 0.29) is 12.1 Å². The molecule has 0 radical (unpaired) electrons. The molecule has 3 rings (SSSR count). The molecule has 0 aromatic heterocycles. The van der Waals surface area contributed by atoms with Crippen LogP contribution in [0.4, 0.5) is 5.69 Å². The predicted octanol–water partition coefficient (Wildman–Crippen LogP) is 3.17. The van der Waals surface area contributed by atoms with Crippen molar-refractivity contribution in [2.75, 3.05) is 0 Å². The van der Waals surface area contributed by atoms with Gasteiger partial charge in [0.1, 0.15) is 11.9 Å². The number of nitrogens with zero attached hydrogens (tertiary/aromatic N) is 1. The third-order valence-electron chi connectivity index (χ3n) is 3.40. The molecule has 0 bridgehead atoms. The molecule has 2 aromatic rings. The van der Waals surface area contributed by atoms with E-state index >= 15 is 0 Å². The van der Waals surface area contributed by atoms with Gasteiger partial charge in [0.25, 0.3) is 5.69 Å². The van der Waals surface area contributed by atoms with Gasteiger partial charge in [-0.1, -0.05) is 18.2 Å². The molecule has 2 aromatic carbocycles. The van der Waals surface area contributed by atoms with Crippen LogP contribution in [0.1, 0.15) is 18.1 Å². The first-order valence-electron chi connectivity index (χ1n) is 6.32. The standard InChI is InChI=1S/C15H11NO5/c17-15(18)8-14-12-7-9(16(19)20)5-6-10(12)11-3-1-2-4-13(11)21-14/h1-7,14H,8H2,(H,17,18). The summed E-state index contributed by atoms with van der Waals surface area (Å²) >= 11 is 0. The zero-order valence-electron chi connectivity index (χ0n) is 10.9. The van der Waals surface area contributed by atoms with Crippen LogP contribution in [0, 0.1) is 10.1 Å². The fourth-order valence-corrected chi connectivity index (χ4v) is 2.49. The van der Waals surface area contributed by atoms with Crippen LogP contribution >= 0.6 is 0 Å². The Morgan fingerprint density at radius 3 is 2.71 bits per heavy atom. The lowest BCUT2D eigenvalue weighted by Gasteiger charge is -2.27. The third-order valence-corrected chi connectivity index (χ3v) is 3.40. The first kappa shape index (κ1) is 13.1.